The monoisotopic (exact) mass is 262 g/mol. The van der Waals surface area contributed by atoms with Gasteiger partial charge in [-0.3, -0.25) is 4.79 Å². The smallest absolute Gasteiger partial charge is 0.254 e. The van der Waals surface area contributed by atoms with E-state index in [1.807, 2.05) is 19.1 Å². The Morgan fingerprint density at radius 3 is 2.78 bits per heavy atom. The minimum atomic E-state index is -0.0154. The Morgan fingerprint density at radius 1 is 1.50 bits per heavy atom. The number of hydrogen-bond donors (Lipinski definition) is 0. The molecule has 0 heterocycles. The third kappa shape index (κ3) is 3.02. The van der Waals surface area contributed by atoms with Gasteiger partial charge in [0, 0.05) is 23.2 Å². The standard InChI is InChI=1S/C14H15ClN2O/c1-10-7-11(9-12(15)8-10)14(18)17(6-2-5-16)13-3-4-13/h7-9,13H,2-4,6H2,1H3. The number of aryl methyl sites for hydroxylation is 1. The molecule has 0 aliphatic heterocycles. The van der Waals surface area contributed by atoms with Gasteiger partial charge < -0.3 is 4.90 Å². The van der Waals surface area contributed by atoms with Gasteiger partial charge in [0.25, 0.3) is 5.91 Å². The van der Waals surface area contributed by atoms with Crippen LogP contribution < -0.4 is 0 Å². The summed E-state index contributed by atoms with van der Waals surface area (Å²) in [6.45, 7) is 2.42. The van der Waals surface area contributed by atoms with Crippen molar-refractivity contribution in [2.24, 2.45) is 0 Å². The molecular weight excluding hydrogens is 248 g/mol. The highest BCUT2D eigenvalue weighted by Crippen LogP contribution is 2.29. The summed E-state index contributed by atoms with van der Waals surface area (Å²) in [4.78, 5) is 14.2. The third-order valence-electron chi connectivity index (χ3n) is 3.00. The van der Waals surface area contributed by atoms with Crippen LogP contribution in [-0.4, -0.2) is 23.4 Å². The van der Waals surface area contributed by atoms with E-state index < -0.39 is 0 Å². The summed E-state index contributed by atoms with van der Waals surface area (Å²) in [6, 6.07) is 7.77. The second-order valence-electron chi connectivity index (χ2n) is 4.66. The Morgan fingerprint density at radius 2 is 2.22 bits per heavy atom. The molecule has 1 aliphatic carbocycles. The zero-order valence-electron chi connectivity index (χ0n) is 10.3. The molecule has 4 heteroatoms. The maximum absolute atomic E-state index is 12.4. The molecule has 1 saturated carbocycles. The Hall–Kier alpha value is -1.53. The summed E-state index contributed by atoms with van der Waals surface area (Å²) in [7, 11) is 0. The van der Waals surface area contributed by atoms with Crippen molar-refractivity contribution in [1.29, 1.82) is 5.26 Å². The average Bonchev–Trinajstić information content (AvgIpc) is 3.12. The van der Waals surface area contributed by atoms with E-state index in [9.17, 15) is 4.79 Å². The maximum Gasteiger partial charge on any atom is 0.254 e. The predicted molar refractivity (Wildman–Crippen MR) is 70.5 cm³/mol. The lowest BCUT2D eigenvalue weighted by molar-refractivity contribution is 0.0746. The van der Waals surface area contributed by atoms with Crippen molar-refractivity contribution in [1.82, 2.24) is 4.90 Å². The van der Waals surface area contributed by atoms with Crippen molar-refractivity contribution in [2.75, 3.05) is 6.54 Å². The number of benzene rings is 1. The first-order chi connectivity index (χ1) is 8.61. The first kappa shape index (κ1) is 12.9. The molecule has 2 rings (SSSR count). The van der Waals surface area contributed by atoms with Crippen molar-refractivity contribution >= 4 is 17.5 Å². The second kappa shape index (κ2) is 5.41. The molecular formula is C14H15ClN2O. The van der Waals surface area contributed by atoms with Crippen LogP contribution in [0.2, 0.25) is 5.02 Å². The average molecular weight is 263 g/mol. The fourth-order valence-electron chi connectivity index (χ4n) is 2.03. The van der Waals surface area contributed by atoms with Crippen LogP contribution in [0.25, 0.3) is 0 Å². The Balaban J connectivity index is 2.19. The van der Waals surface area contributed by atoms with Crippen LogP contribution in [0.5, 0.6) is 0 Å². The summed E-state index contributed by atoms with van der Waals surface area (Å²) in [5.41, 5.74) is 1.59. The van der Waals surface area contributed by atoms with Crippen LogP contribution >= 0.6 is 11.6 Å². The number of nitrogens with zero attached hydrogens (tertiary/aromatic N) is 2. The van der Waals surface area contributed by atoms with Crippen LogP contribution in [0.15, 0.2) is 18.2 Å². The highest BCUT2D eigenvalue weighted by atomic mass is 35.5. The summed E-state index contributed by atoms with van der Waals surface area (Å²) in [6.07, 6.45) is 2.45. The van der Waals surface area contributed by atoms with Gasteiger partial charge in [0.05, 0.1) is 12.5 Å². The summed E-state index contributed by atoms with van der Waals surface area (Å²) in [5, 5.41) is 9.23. The van der Waals surface area contributed by atoms with Crippen LogP contribution in [0, 0.1) is 18.3 Å². The van der Waals surface area contributed by atoms with E-state index in [0.717, 1.165) is 18.4 Å². The number of carbonyl (C=O) groups is 1. The molecule has 1 aliphatic rings. The lowest BCUT2D eigenvalue weighted by Gasteiger charge is -2.21. The number of rotatable bonds is 4. The zero-order valence-corrected chi connectivity index (χ0v) is 11.1. The minimum absolute atomic E-state index is 0.0154. The van der Waals surface area contributed by atoms with Crippen molar-refractivity contribution in [3.8, 4) is 6.07 Å². The van der Waals surface area contributed by atoms with Gasteiger partial charge in [-0.15, -0.1) is 0 Å². The minimum Gasteiger partial charge on any atom is -0.335 e. The molecule has 0 aromatic heterocycles. The SMILES string of the molecule is Cc1cc(Cl)cc(C(=O)N(CCC#N)C2CC2)c1. The molecule has 0 saturated heterocycles. The molecule has 1 aromatic carbocycles. The van der Waals surface area contributed by atoms with E-state index in [1.165, 1.54) is 0 Å². The van der Waals surface area contributed by atoms with Gasteiger partial charge in [0.1, 0.15) is 0 Å². The topological polar surface area (TPSA) is 44.1 Å². The summed E-state index contributed by atoms with van der Waals surface area (Å²) >= 11 is 5.98. The largest absolute Gasteiger partial charge is 0.335 e. The zero-order chi connectivity index (χ0) is 13.1. The molecule has 1 amide bonds. The molecule has 0 atom stereocenters. The van der Waals surface area contributed by atoms with Gasteiger partial charge >= 0.3 is 0 Å². The quantitative estimate of drug-likeness (QED) is 0.837. The molecule has 0 spiro atoms. The van der Waals surface area contributed by atoms with Crippen molar-refractivity contribution < 1.29 is 4.79 Å². The Bertz CT molecular complexity index is 483. The number of amides is 1. The van der Waals surface area contributed by atoms with Crippen LogP contribution in [0.4, 0.5) is 0 Å². The molecule has 94 valence electrons. The normalized spacial score (nSPS) is 14.1. The van der Waals surface area contributed by atoms with E-state index in [2.05, 4.69) is 6.07 Å². The first-order valence-electron chi connectivity index (χ1n) is 6.07. The van der Waals surface area contributed by atoms with Gasteiger partial charge in [0.15, 0.2) is 0 Å². The number of halogens is 1. The van der Waals surface area contributed by atoms with E-state index in [4.69, 9.17) is 16.9 Å². The molecule has 1 fully saturated rings. The fraction of sp³-hybridized carbons (Fsp3) is 0.429. The van der Waals surface area contributed by atoms with Gasteiger partial charge in [-0.05, 0) is 43.5 Å². The lowest BCUT2D eigenvalue weighted by Crippen LogP contribution is -2.33. The Kier molecular flexibility index (Phi) is 3.88. The van der Waals surface area contributed by atoms with Crippen LogP contribution in [0.3, 0.4) is 0 Å². The van der Waals surface area contributed by atoms with Gasteiger partial charge in [-0.2, -0.15) is 5.26 Å². The molecule has 0 unspecified atom stereocenters. The number of carbonyl (C=O) groups excluding carboxylic acids is 1. The maximum atomic E-state index is 12.4. The molecule has 0 bridgehead atoms. The van der Waals surface area contributed by atoms with E-state index in [1.54, 1.807) is 11.0 Å². The van der Waals surface area contributed by atoms with Crippen molar-refractivity contribution in [3.05, 3.63) is 34.3 Å². The van der Waals surface area contributed by atoms with Gasteiger partial charge in [-0.25, -0.2) is 0 Å². The summed E-state index contributed by atoms with van der Waals surface area (Å²) in [5.74, 6) is -0.0154. The van der Waals surface area contributed by atoms with Gasteiger partial charge in [0.2, 0.25) is 0 Å². The van der Waals surface area contributed by atoms with E-state index in [-0.39, 0.29) is 5.91 Å². The van der Waals surface area contributed by atoms with E-state index >= 15 is 0 Å². The lowest BCUT2D eigenvalue weighted by atomic mass is 10.1. The molecule has 0 radical (unpaired) electrons. The number of hydrogen-bond acceptors (Lipinski definition) is 2. The van der Waals surface area contributed by atoms with Gasteiger partial charge in [-0.1, -0.05) is 11.6 Å². The predicted octanol–water partition coefficient (Wildman–Crippen LogP) is 3.17. The van der Waals surface area contributed by atoms with Crippen molar-refractivity contribution in [2.45, 2.75) is 32.2 Å². The number of nitriles is 1. The highest BCUT2D eigenvalue weighted by Gasteiger charge is 2.32. The molecule has 1 aromatic rings. The Labute approximate surface area is 112 Å². The molecule has 18 heavy (non-hydrogen) atoms. The fourth-order valence-corrected chi connectivity index (χ4v) is 2.32. The molecule has 0 N–H and O–H groups in total. The van der Waals surface area contributed by atoms with E-state index in [0.29, 0.717) is 29.6 Å². The summed E-state index contributed by atoms with van der Waals surface area (Å²) < 4.78 is 0. The highest BCUT2D eigenvalue weighted by molar-refractivity contribution is 6.31. The third-order valence-corrected chi connectivity index (χ3v) is 3.22. The molecule has 3 nitrogen and oxygen atoms in total. The second-order valence-corrected chi connectivity index (χ2v) is 5.09. The van der Waals surface area contributed by atoms with Crippen LogP contribution in [-0.2, 0) is 0 Å². The van der Waals surface area contributed by atoms with Crippen LogP contribution in [0.1, 0.15) is 35.2 Å². The van der Waals surface area contributed by atoms with Crippen molar-refractivity contribution in [3.63, 3.8) is 0 Å². The first-order valence-corrected chi connectivity index (χ1v) is 6.44.